The molecule has 1 fully saturated rings. The van der Waals surface area contributed by atoms with Crippen molar-refractivity contribution in [3.63, 3.8) is 0 Å². The molecule has 0 N–H and O–H groups in total. The summed E-state index contributed by atoms with van der Waals surface area (Å²) in [6, 6.07) is 18.2. The number of rotatable bonds is 5. The maximum Gasteiger partial charge on any atom is 0.416 e. The lowest BCUT2D eigenvalue weighted by atomic mass is 9.97. The van der Waals surface area contributed by atoms with E-state index in [0.717, 1.165) is 55.7 Å². The van der Waals surface area contributed by atoms with E-state index in [0.29, 0.717) is 40.3 Å². The molecule has 1 saturated heterocycles. The molecule has 1 unspecified atom stereocenters. The van der Waals surface area contributed by atoms with Gasteiger partial charge >= 0.3 is 6.18 Å². The third-order valence-corrected chi connectivity index (χ3v) is 7.35. The van der Waals surface area contributed by atoms with Crippen LogP contribution >= 0.6 is 0 Å². The van der Waals surface area contributed by atoms with Gasteiger partial charge in [0.25, 0.3) is 5.56 Å². The summed E-state index contributed by atoms with van der Waals surface area (Å²) >= 11 is 0. The van der Waals surface area contributed by atoms with Crippen LogP contribution in [0.3, 0.4) is 0 Å². The molecule has 4 aromatic rings. The highest BCUT2D eigenvalue weighted by molar-refractivity contribution is 5.85. The highest BCUT2D eigenvalue weighted by atomic mass is 19.4. The molecule has 1 aromatic heterocycles. The largest absolute Gasteiger partial charge is 0.416 e. The number of hydrogen-bond donors (Lipinski definition) is 0. The third-order valence-electron chi connectivity index (χ3n) is 7.35. The number of piperidine rings is 1. The van der Waals surface area contributed by atoms with Gasteiger partial charge in [-0.15, -0.1) is 0 Å². The Balaban J connectivity index is 1.65. The van der Waals surface area contributed by atoms with Crippen LogP contribution in [0.1, 0.15) is 30.9 Å². The normalized spacial score (nSPS) is 16.8. The van der Waals surface area contributed by atoms with E-state index < -0.39 is 11.7 Å². The molecule has 1 aliphatic rings. The molecular weight excluding hydrogens is 475 g/mol. The molecule has 0 radical (unpaired) electrons. The van der Waals surface area contributed by atoms with Crippen molar-refractivity contribution < 1.29 is 13.2 Å². The Morgan fingerprint density at radius 1 is 1.00 bits per heavy atom. The van der Waals surface area contributed by atoms with Gasteiger partial charge in [-0.1, -0.05) is 49.4 Å². The fraction of sp³-hybridized carbons (Fsp3) is 0.333. The van der Waals surface area contributed by atoms with Gasteiger partial charge in [-0.25, -0.2) is 4.98 Å². The van der Waals surface area contributed by atoms with Crippen LogP contribution in [0.2, 0.25) is 0 Å². The van der Waals surface area contributed by atoms with Crippen LogP contribution in [0.15, 0.2) is 71.5 Å². The highest BCUT2D eigenvalue weighted by Gasteiger charge is 2.30. The summed E-state index contributed by atoms with van der Waals surface area (Å²) in [5.41, 5.74) is 2.57. The molecule has 0 spiro atoms. The first-order valence-electron chi connectivity index (χ1n) is 12.7. The first-order valence-corrected chi connectivity index (χ1v) is 12.7. The molecule has 1 atom stereocenters. The van der Waals surface area contributed by atoms with Gasteiger partial charge in [0.05, 0.1) is 16.5 Å². The van der Waals surface area contributed by atoms with E-state index in [1.165, 1.54) is 6.07 Å². The fourth-order valence-electron chi connectivity index (χ4n) is 5.32. The molecule has 0 aliphatic carbocycles. The Morgan fingerprint density at radius 3 is 2.54 bits per heavy atom. The molecule has 192 valence electrons. The summed E-state index contributed by atoms with van der Waals surface area (Å²) in [5.74, 6) is 0.955. The maximum absolute atomic E-state index is 14.0. The lowest BCUT2D eigenvalue weighted by molar-refractivity contribution is -0.137. The van der Waals surface area contributed by atoms with E-state index in [4.69, 9.17) is 4.98 Å². The second kappa shape index (κ2) is 10.1. The van der Waals surface area contributed by atoms with Gasteiger partial charge in [-0.2, -0.15) is 13.2 Å². The number of alkyl halides is 3. The fourth-order valence-corrected chi connectivity index (χ4v) is 5.32. The molecule has 7 heteroatoms. The van der Waals surface area contributed by atoms with E-state index in [1.54, 1.807) is 28.8 Å². The summed E-state index contributed by atoms with van der Waals surface area (Å²) in [4.78, 5) is 21.3. The van der Waals surface area contributed by atoms with Crippen molar-refractivity contribution >= 4 is 10.9 Å². The lowest BCUT2D eigenvalue weighted by Crippen LogP contribution is -2.38. The van der Waals surface area contributed by atoms with Gasteiger partial charge in [0.15, 0.2) is 0 Å². The van der Waals surface area contributed by atoms with E-state index in [1.807, 2.05) is 31.2 Å². The van der Waals surface area contributed by atoms with Crippen LogP contribution in [0.25, 0.3) is 33.4 Å². The van der Waals surface area contributed by atoms with Gasteiger partial charge in [0.2, 0.25) is 0 Å². The first kappa shape index (κ1) is 25.2. The van der Waals surface area contributed by atoms with Crippen molar-refractivity contribution in [3.8, 4) is 22.5 Å². The lowest BCUT2D eigenvalue weighted by Gasteiger charge is -2.32. The SMILES string of the molecule is CCN1CCCC(Cn2c(-c3ccccc3C)nc3ccc(-c4cccc(C(F)(F)F)c4)cc3c2=O)C1. The maximum atomic E-state index is 14.0. The Hall–Kier alpha value is -3.45. The molecule has 0 amide bonds. The monoisotopic (exact) mass is 505 g/mol. The molecule has 0 saturated carbocycles. The summed E-state index contributed by atoms with van der Waals surface area (Å²) < 4.78 is 41.7. The minimum atomic E-state index is -4.43. The molecule has 1 aliphatic heterocycles. The summed E-state index contributed by atoms with van der Waals surface area (Å²) in [5, 5.41) is 0.412. The number of likely N-dealkylation sites (tertiary alicyclic amines) is 1. The van der Waals surface area contributed by atoms with Gasteiger partial charge in [0, 0.05) is 18.7 Å². The Morgan fingerprint density at radius 2 is 1.78 bits per heavy atom. The summed E-state index contributed by atoms with van der Waals surface area (Å²) in [6.45, 7) is 7.69. The molecule has 5 rings (SSSR count). The van der Waals surface area contributed by atoms with Crippen molar-refractivity contribution in [3.05, 3.63) is 88.2 Å². The zero-order valence-corrected chi connectivity index (χ0v) is 21.1. The molecule has 3 aromatic carbocycles. The quantitative estimate of drug-likeness (QED) is 0.300. The summed E-state index contributed by atoms with van der Waals surface area (Å²) in [6.07, 6.45) is -2.30. The van der Waals surface area contributed by atoms with Crippen LogP contribution in [-0.4, -0.2) is 34.1 Å². The van der Waals surface area contributed by atoms with Gasteiger partial charge in [-0.3, -0.25) is 9.36 Å². The zero-order chi connectivity index (χ0) is 26.2. The van der Waals surface area contributed by atoms with Crippen LogP contribution in [0, 0.1) is 12.8 Å². The minimum absolute atomic E-state index is 0.161. The van der Waals surface area contributed by atoms with Gasteiger partial charge in [-0.05, 0) is 79.7 Å². The minimum Gasteiger partial charge on any atom is -0.303 e. The van der Waals surface area contributed by atoms with Gasteiger partial charge < -0.3 is 4.90 Å². The number of benzene rings is 3. The average Bonchev–Trinajstić information content (AvgIpc) is 2.90. The Bertz CT molecular complexity index is 1490. The zero-order valence-electron chi connectivity index (χ0n) is 21.1. The van der Waals surface area contributed by atoms with E-state index in [-0.39, 0.29) is 5.56 Å². The average molecular weight is 506 g/mol. The summed E-state index contributed by atoms with van der Waals surface area (Å²) in [7, 11) is 0. The van der Waals surface area contributed by atoms with Crippen molar-refractivity contribution in [2.24, 2.45) is 5.92 Å². The van der Waals surface area contributed by atoms with Crippen molar-refractivity contribution in [2.75, 3.05) is 19.6 Å². The second-order valence-electron chi connectivity index (χ2n) is 9.88. The third kappa shape index (κ3) is 5.18. The number of aryl methyl sites for hydroxylation is 1. The highest BCUT2D eigenvalue weighted by Crippen LogP contribution is 2.33. The predicted molar refractivity (Wildman–Crippen MR) is 141 cm³/mol. The molecule has 4 nitrogen and oxygen atoms in total. The topological polar surface area (TPSA) is 38.1 Å². The van der Waals surface area contributed by atoms with Crippen LogP contribution in [0.5, 0.6) is 0 Å². The van der Waals surface area contributed by atoms with E-state index in [2.05, 4.69) is 11.8 Å². The standard InChI is InChI=1S/C30H30F3N3O/c1-3-35-15-7-9-21(18-35)19-36-28(25-12-5-4-8-20(25)2)34-27-14-13-23(17-26(27)29(36)37)22-10-6-11-24(16-22)30(31,32)33/h4-6,8,10-14,16-17,21H,3,7,9,15,18-19H2,1-2H3. The Labute approximate surface area is 214 Å². The number of aromatic nitrogens is 2. The van der Waals surface area contributed by atoms with Gasteiger partial charge in [0.1, 0.15) is 5.82 Å². The first-order chi connectivity index (χ1) is 17.7. The van der Waals surface area contributed by atoms with E-state index >= 15 is 0 Å². The van der Waals surface area contributed by atoms with Crippen LogP contribution in [-0.2, 0) is 12.7 Å². The molecule has 0 bridgehead atoms. The van der Waals surface area contributed by atoms with Crippen LogP contribution in [0.4, 0.5) is 13.2 Å². The van der Waals surface area contributed by atoms with E-state index in [9.17, 15) is 18.0 Å². The van der Waals surface area contributed by atoms with Crippen LogP contribution < -0.4 is 5.56 Å². The number of halogens is 3. The number of fused-ring (bicyclic) bond motifs is 1. The Kier molecular flexibility index (Phi) is 6.90. The number of hydrogen-bond acceptors (Lipinski definition) is 3. The predicted octanol–water partition coefficient (Wildman–Crippen LogP) is 6.79. The smallest absolute Gasteiger partial charge is 0.303 e. The van der Waals surface area contributed by atoms with Crippen molar-refractivity contribution in [1.82, 2.24) is 14.5 Å². The molecular formula is C30H30F3N3O. The second-order valence-corrected chi connectivity index (χ2v) is 9.88. The number of nitrogens with zero attached hydrogens (tertiary/aromatic N) is 3. The molecule has 37 heavy (non-hydrogen) atoms. The molecule has 2 heterocycles. The van der Waals surface area contributed by atoms with Crippen molar-refractivity contribution in [2.45, 2.75) is 39.4 Å². The van der Waals surface area contributed by atoms with Crippen molar-refractivity contribution in [1.29, 1.82) is 0 Å².